The Bertz CT molecular complexity index is 2500. The molecule has 3 aliphatic rings. The third-order valence-corrected chi connectivity index (χ3v) is 24.2. The molecule has 15 nitrogen and oxygen atoms in total. The maximum Gasteiger partial charge on any atom is 0.375 e. The van der Waals surface area contributed by atoms with Crippen LogP contribution < -0.4 is 15.7 Å². The summed E-state index contributed by atoms with van der Waals surface area (Å²) >= 11 is 0. The van der Waals surface area contributed by atoms with Crippen molar-refractivity contribution in [2.45, 2.75) is 121 Å². The number of anilines is 1. The summed E-state index contributed by atoms with van der Waals surface area (Å²) in [5.41, 5.74) is 0.894. The maximum atomic E-state index is 14.8. The van der Waals surface area contributed by atoms with E-state index in [9.17, 15) is 14.5 Å². The number of rotatable bonds is 14. The Balaban J connectivity index is 1.25. The van der Waals surface area contributed by atoms with E-state index >= 15 is 0 Å². The first-order valence-corrected chi connectivity index (χ1v) is 29.1. The molecule has 18 heteroatoms. The number of hydrogen-bond acceptors (Lipinski definition) is 12. The Labute approximate surface area is 390 Å². The van der Waals surface area contributed by atoms with Gasteiger partial charge in [0.2, 0.25) is 11.6 Å². The lowest BCUT2D eigenvalue weighted by molar-refractivity contribution is -1.01. The first kappa shape index (κ1) is 48.2. The molecule has 5 aromatic rings. The van der Waals surface area contributed by atoms with Crippen LogP contribution in [0.2, 0.25) is 23.2 Å². The number of amides is 1. The standard InChI is InChI=1S/C48H64N7O8PSi2/c1-46(2,3)65(7,8)61-41-38(32-59-66(47(4,5)6,36-24-15-10-16-25-36)37-26-17-11-18-27-37)60-45(48(41,57)62-64(58)63-55-30-20-12-19-28-39(55)49-29-21-31-55)54-34-52-40-42(50-33-51-43(40)54)53-44(56)35-22-13-9-14-23-35/h9-11,13-18,22-27,33-34,38,41,45,57,64H,12,19-21,28-32H2,1-8H3/p+1/t38-,41?,45-,48?,55?/m1/s1. The van der Waals surface area contributed by atoms with Crippen LogP contribution in [-0.2, 0) is 27.3 Å². The van der Waals surface area contributed by atoms with E-state index in [2.05, 4.69) is 99.2 Å². The number of hydrogen-bond donors (Lipinski definition) is 2. The number of imidazole rings is 1. The number of amidine groups is 1. The third kappa shape index (κ3) is 9.31. The summed E-state index contributed by atoms with van der Waals surface area (Å²) < 4.78 is 51.4. The van der Waals surface area contributed by atoms with E-state index in [1.807, 2.05) is 42.5 Å². The highest BCUT2D eigenvalue weighted by molar-refractivity contribution is 7.33. The SMILES string of the molecule is CC(C)(C)[Si](C)(C)OC1[C@@H](CO[Si](c2ccccc2)(c2ccccc2)C(C)(C)C)O[C@@H](n2cnc3c(NC(=O)c4ccccc4)ncnc32)C1(O)O[PH](=O)O[N+]12CCCCCC1=NCCC2. The van der Waals surface area contributed by atoms with Crippen molar-refractivity contribution < 1.29 is 41.8 Å². The lowest BCUT2D eigenvalue weighted by atomic mass is 10.1. The second kappa shape index (κ2) is 19.0. The Hall–Kier alpha value is -4.27. The van der Waals surface area contributed by atoms with Crippen molar-refractivity contribution in [3.63, 3.8) is 0 Å². The number of hydroxylamine groups is 3. The number of aromatic nitrogens is 4. The van der Waals surface area contributed by atoms with Crippen LogP contribution in [0.15, 0.2) is 109 Å². The summed E-state index contributed by atoms with van der Waals surface area (Å²) in [6.07, 6.45) is 3.39. The number of carbonyl (C=O) groups is 1. The van der Waals surface area contributed by atoms with Crippen LogP contribution in [0.1, 0.15) is 90.2 Å². The van der Waals surface area contributed by atoms with Crippen molar-refractivity contribution in [2.75, 3.05) is 31.6 Å². The fourth-order valence-corrected chi connectivity index (χ4v) is 16.3. The topological polar surface area (TPSA) is 169 Å². The quantitative estimate of drug-likeness (QED) is 0.0477. The molecule has 0 saturated carbocycles. The number of carbonyl (C=O) groups excluding carboxylic acids is 1. The predicted molar refractivity (Wildman–Crippen MR) is 261 cm³/mol. The average Bonchev–Trinajstić information content (AvgIpc) is 3.73. The van der Waals surface area contributed by atoms with Gasteiger partial charge in [0.25, 0.3) is 14.2 Å². The number of nitrogens with zero attached hydrogens (tertiary/aromatic N) is 6. The molecule has 3 aliphatic heterocycles. The van der Waals surface area contributed by atoms with Crippen LogP contribution in [-0.4, -0.2) is 102 Å². The van der Waals surface area contributed by atoms with E-state index in [0.717, 1.165) is 48.3 Å². The largest absolute Gasteiger partial charge is 0.406 e. The molecule has 2 N–H and O–H groups in total. The predicted octanol–water partition coefficient (Wildman–Crippen LogP) is 8.16. The number of aliphatic hydroxyl groups is 1. The Kier molecular flexibility index (Phi) is 13.9. The smallest absolute Gasteiger partial charge is 0.375 e. The molecule has 0 aliphatic carbocycles. The first-order chi connectivity index (χ1) is 31.4. The number of ether oxygens (including phenoxy) is 1. The van der Waals surface area contributed by atoms with E-state index in [4.69, 9.17) is 27.7 Å². The summed E-state index contributed by atoms with van der Waals surface area (Å²) in [6.45, 7) is 19.0. The molecule has 2 aromatic heterocycles. The molecule has 0 radical (unpaired) electrons. The van der Waals surface area contributed by atoms with Crippen molar-refractivity contribution >= 4 is 64.0 Å². The molecule has 8 rings (SSSR count). The summed E-state index contributed by atoms with van der Waals surface area (Å²) in [6, 6.07) is 29.4. The van der Waals surface area contributed by atoms with E-state index in [1.165, 1.54) is 17.2 Å². The third-order valence-electron chi connectivity index (χ3n) is 13.7. The number of nitrogens with one attached hydrogen (secondary N) is 1. The van der Waals surface area contributed by atoms with Crippen LogP contribution in [0, 0.1) is 0 Å². The molecule has 2 saturated heterocycles. The van der Waals surface area contributed by atoms with Crippen molar-refractivity contribution in [3.05, 3.63) is 109 Å². The summed E-state index contributed by atoms with van der Waals surface area (Å²) in [4.78, 5) is 31.9. The van der Waals surface area contributed by atoms with Gasteiger partial charge in [-0.1, -0.05) is 120 Å². The molecule has 0 spiro atoms. The zero-order chi connectivity index (χ0) is 47.0. The monoisotopic (exact) mass is 954 g/mol. The first-order valence-electron chi connectivity index (χ1n) is 23.1. The number of benzene rings is 3. The average molecular weight is 955 g/mol. The molecular weight excluding hydrogens is 890 g/mol. The van der Waals surface area contributed by atoms with Crippen molar-refractivity contribution in [1.82, 2.24) is 19.5 Å². The molecule has 66 heavy (non-hydrogen) atoms. The molecule has 6 atom stereocenters. The van der Waals surface area contributed by atoms with Gasteiger partial charge in [0.1, 0.15) is 31.6 Å². The van der Waals surface area contributed by atoms with Gasteiger partial charge in [0.15, 0.2) is 31.5 Å². The van der Waals surface area contributed by atoms with E-state index < -0.39 is 49.1 Å². The van der Waals surface area contributed by atoms with E-state index in [0.29, 0.717) is 25.2 Å². The number of aliphatic imine (C=N–C) groups is 1. The van der Waals surface area contributed by atoms with Gasteiger partial charge in [0, 0.05) is 18.4 Å². The van der Waals surface area contributed by atoms with Gasteiger partial charge in [-0.2, -0.15) is 0 Å². The van der Waals surface area contributed by atoms with Gasteiger partial charge in [-0.15, -0.1) is 9.27 Å². The fraction of sp³-hybridized carbons (Fsp3) is 0.479. The number of fused-ring (bicyclic) bond motifs is 2. The van der Waals surface area contributed by atoms with E-state index in [-0.39, 0.29) is 44.2 Å². The van der Waals surface area contributed by atoms with Crippen LogP contribution in [0.4, 0.5) is 5.82 Å². The van der Waals surface area contributed by atoms with Gasteiger partial charge >= 0.3 is 8.25 Å². The van der Waals surface area contributed by atoms with Crippen molar-refractivity contribution in [3.8, 4) is 0 Å². The van der Waals surface area contributed by atoms with Gasteiger partial charge in [0.05, 0.1) is 19.5 Å². The molecular formula is C48H65N7O8PSi2+. The Morgan fingerprint density at radius 1 is 0.879 bits per heavy atom. The fourth-order valence-electron chi connectivity index (χ4n) is 9.33. The van der Waals surface area contributed by atoms with Crippen molar-refractivity contribution in [2.24, 2.45) is 4.99 Å². The zero-order valence-corrected chi connectivity index (χ0v) is 42.4. The van der Waals surface area contributed by atoms with Crippen molar-refractivity contribution in [1.29, 1.82) is 0 Å². The van der Waals surface area contributed by atoms with Gasteiger partial charge in [-0.3, -0.25) is 18.5 Å². The van der Waals surface area contributed by atoms with Gasteiger partial charge < -0.3 is 24.0 Å². The van der Waals surface area contributed by atoms with Crippen LogP contribution in [0.5, 0.6) is 0 Å². The van der Waals surface area contributed by atoms with E-state index in [1.54, 1.807) is 24.3 Å². The minimum atomic E-state index is -3.56. The number of quaternary nitrogens is 1. The molecule has 1 amide bonds. The molecule has 4 unspecified atom stereocenters. The normalized spacial score (nSPS) is 24.6. The van der Waals surface area contributed by atoms with Crippen LogP contribution in [0.3, 0.4) is 0 Å². The minimum absolute atomic E-state index is 0.000739. The second-order valence-electron chi connectivity index (χ2n) is 20.2. The van der Waals surface area contributed by atoms with Crippen LogP contribution in [0.25, 0.3) is 11.2 Å². The summed E-state index contributed by atoms with van der Waals surface area (Å²) in [5, 5.41) is 17.9. The Morgan fingerprint density at radius 3 is 2.15 bits per heavy atom. The van der Waals surface area contributed by atoms with Gasteiger partial charge in [-0.05, 0) is 64.9 Å². The maximum absolute atomic E-state index is 14.8. The molecule has 352 valence electrons. The highest BCUT2D eigenvalue weighted by Gasteiger charge is 2.64. The highest BCUT2D eigenvalue weighted by atomic mass is 31.1. The lowest BCUT2D eigenvalue weighted by Gasteiger charge is -2.45. The summed E-state index contributed by atoms with van der Waals surface area (Å²) in [5.74, 6) is -1.85. The molecule has 3 aromatic carbocycles. The summed E-state index contributed by atoms with van der Waals surface area (Å²) in [7, 11) is -9.55. The minimum Gasteiger partial charge on any atom is -0.406 e. The molecule has 5 heterocycles. The molecule has 2 fully saturated rings. The van der Waals surface area contributed by atoms with Gasteiger partial charge in [-0.25, -0.2) is 19.9 Å². The Morgan fingerprint density at radius 2 is 1.52 bits per heavy atom. The highest BCUT2D eigenvalue weighted by Crippen LogP contribution is 2.52. The molecule has 0 bridgehead atoms. The zero-order valence-electron chi connectivity index (χ0n) is 39.4. The lowest BCUT2D eigenvalue weighted by Crippen LogP contribution is -2.67. The second-order valence-corrected chi connectivity index (χ2v) is 30.1. The van der Waals surface area contributed by atoms with Crippen LogP contribution >= 0.6 is 8.25 Å².